The molecule has 0 spiro atoms. The molecule has 0 aliphatic carbocycles. The first-order valence-corrected chi connectivity index (χ1v) is 8.04. The van der Waals surface area contributed by atoms with E-state index in [1.165, 1.54) is 0 Å². The lowest BCUT2D eigenvalue weighted by molar-refractivity contribution is -0.117. The maximum Gasteiger partial charge on any atom is 0.244 e. The van der Waals surface area contributed by atoms with E-state index in [-0.39, 0.29) is 11.9 Å². The fourth-order valence-electron chi connectivity index (χ4n) is 2.53. The number of aryl methyl sites for hydroxylation is 2. The van der Waals surface area contributed by atoms with Gasteiger partial charge in [-0.15, -0.1) is 0 Å². The molecule has 0 saturated heterocycles. The highest BCUT2D eigenvalue weighted by Gasteiger charge is 2.12. The van der Waals surface area contributed by atoms with Crippen LogP contribution in [0.3, 0.4) is 0 Å². The van der Waals surface area contributed by atoms with E-state index in [9.17, 15) is 4.79 Å². The zero-order chi connectivity index (χ0) is 17.0. The smallest absolute Gasteiger partial charge is 0.244 e. The van der Waals surface area contributed by atoms with E-state index in [4.69, 9.17) is 11.6 Å². The molecule has 1 unspecified atom stereocenters. The summed E-state index contributed by atoms with van der Waals surface area (Å²) >= 11 is 5.91. The molecule has 2 aromatic rings. The number of nitrogens with one attached hydrogen (secondary N) is 1. The van der Waals surface area contributed by atoms with Crippen LogP contribution in [0.15, 0.2) is 30.3 Å². The molecule has 1 atom stereocenters. The third-order valence-electron chi connectivity index (χ3n) is 3.96. The van der Waals surface area contributed by atoms with Crippen LogP contribution in [0.25, 0.3) is 6.08 Å². The molecule has 0 radical (unpaired) electrons. The standard InChI is InChI=1S/C18H22ClN3O/c1-5-17(14-6-8-15(19)9-7-14)20-18(23)11-10-16-12(2)21-22(4)13(16)3/h6-11,17H,5H2,1-4H3,(H,20,23)/b11-10+. The molecular formula is C18H22ClN3O. The van der Waals surface area contributed by atoms with Crippen molar-refractivity contribution in [2.24, 2.45) is 7.05 Å². The van der Waals surface area contributed by atoms with Crippen LogP contribution in [-0.4, -0.2) is 15.7 Å². The lowest BCUT2D eigenvalue weighted by Crippen LogP contribution is -2.26. The molecule has 0 aliphatic rings. The fourth-order valence-corrected chi connectivity index (χ4v) is 2.65. The first-order chi connectivity index (χ1) is 10.9. The number of hydrogen-bond donors (Lipinski definition) is 1. The monoisotopic (exact) mass is 331 g/mol. The van der Waals surface area contributed by atoms with E-state index in [0.717, 1.165) is 28.9 Å². The fraction of sp³-hybridized carbons (Fsp3) is 0.333. The van der Waals surface area contributed by atoms with Gasteiger partial charge in [-0.1, -0.05) is 30.7 Å². The Balaban J connectivity index is 2.08. The summed E-state index contributed by atoms with van der Waals surface area (Å²) in [5.74, 6) is -0.116. The van der Waals surface area contributed by atoms with E-state index < -0.39 is 0 Å². The van der Waals surface area contributed by atoms with Crippen LogP contribution in [0, 0.1) is 13.8 Å². The number of halogens is 1. The largest absolute Gasteiger partial charge is 0.346 e. The lowest BCUT2D eigenvalue weighted by Gasteiger charge is -2.16. The van der Waals surface area contributed by atoms with Crippen LogP contribution >= 0.6 is 11.6 Å². The molecule has 0 aliphatic heterocycles. The Morgan fingerprint density at radius 2 is 2.00 bits per heavy atom. The molecule has 0 bridgehead atoms. The van der Waals surface area contributed by atoms with Crippen molar-refractivity contribution in [2.45, 2.75) is 33.2 Å². The molecule has 1 heterocycles. The minimum absolute atomic E-state index is 0.0273. The molecule has 1 amide bonds. The molecule has 23 heavy (non-hydrogen) atoms. The Morgan fingerprint density at radius 3 is 2.52 bits per heavy atom. The van der Waals surface area contributed by atoms with Gasteiger partial charge in [0.1, 0.15) is 0 Å². The zero-order valence-corrected chi connectivity index (χ0v) is 14.7. The topological polar surface area (TPSA) is 46.9 Å². The summed E-state index contributed by atoms with van der Waals surface area (Å²) in [6.07, 6.45) is 4.20. The number of carbonyl (C=O) groups is 1. The molecular weight excluding hydrogens is 310 g/mol. The number of carbonyl (C=O) groups excluding carboxylic acids is 1. The SMILES string of the molecule is CCC(NC(=O)/C=C/c1c(C)nn(C)c1C)c1ccc(Cl)cc1. The van der Waals surface area contributed by atoms with Crippen LogP contribution < -0.4 is 5.32 Å². The maximum absolute atomic E-state index is 12.2. The number of aromatic nitrogens is 2. The Hall–Kier alpha value is -2.07. The van der Waals surface area contributed by atoms with Gasteiger partial charge in [0.05, 0.1) is 11.7 Å². The summed E-state index contributed by atoms with van der Waals surface area (Å²) < 4.78 is 1.81. The van der Waals surface area contributed by atoms with Crippen molar-refractivity contribution < 1.29 is 4.79 Å². The Bertz CT molecular complexity index is 717. The van der Waals surface area contributed by atoms with Crippen molar-refractivity contribution >= 4 is 23.6 Å². The van der Waals surface area contributed by atoms with Crippen molar-refractivity contribution in [3.05, 3.63) is 57.9 Å². The predicted molar refractivity (Wildman–Crippen MR) is 94.3 cm³/mol. The van der Waals surface area contributed by atoms with Gasteiger partial charge in [-0.2, -0.15) is 5.10 Å². The van der Waals surface area contributed by atoms with Crippen molar-refractivity contribution in [1.29, 1.82) is 0 Å². The first-order valence-electron chi connectivity index (χ1n) is 7.66. The maximum atomic E-state index is 12.2. The predicted octanol–water partition coefficient (Wildman–Crippen LogP) is 3.97. The highest BCUT2D eigenvalue weighted by molar-refractivity contribution is 6.30. The third-order valence-corrected chi connectivity index (χ3v) is 4.22. The Morgan fingerprint density at radius 1 is 1.35 bits per heavy atom. The van der Waals surface area contributed by atoms with Gasteiger partial charge < -0.3 is 5.32 Å². The summed E-state index contributed by atoms with van der Waals surface area (Å²) in [6.45, 7) is 5.96. The number of rotatable bonds is 5. The molecule has 0 fully saturated rings. The summed E-state index contributed by atoms with van der Waals surface area (Å²) in [4.78, 5) is 12.2. The second-order valence-corrected chi connectivity index (χ2v) is 6.00. The second-order valence-electron chi connectivity index (χ2n) is 5.56. The van der Waals surface area contributed by atoms with Crippen molar-refractivity contribution in [1.82, 2.24) is 15.1 Å². The Labute approximate surface area is 142 Å². The molecule has 4 nitrogen and oxygen atoms in total. The number of hydrogen-bond acceptors (Lipinski definition) is 2. The van der Waals surface area contributed by atoms with Crippen LogP contribution in [0.2, 0.25) is 5.02 Å². The van der Waals surface area contributed by atoms with Gasteiger partial charge in [0.2, 0.25) is 5.91 Å². The van der Waals surface area contributed by atoms with Gasteiger partial charge in [0, 0.05) is 29.4 Å². The first kappa shape index (κ1) is 17.3. The van der Waals surface area contributed by atoms with Crippen LogP contribution in [0.1, 0.15) is 41.9 Å². The van der Waals surface area contributed by atoms with Gasteiger partial charge in [-0.05, 0) is 44.0 Å². The molecule has 0 saturated carbocycles. The Kier molecular flexibility index (Phi) is 5.61. The molecule has 1 aromatic heterocycles. The van der Waals surface area contributed by atoms with Crippen LogP contribution in [0.4, 0.5) is 0 Å². The van der Waals surface area contributed by atoms with Crippen LogP contribution in [-0.2, 0) is 11.8 Å². The van der Waals surface area contributed by atoms with E-state index in [0.29, 0.717) is 5.02 Å². The lowest BCUT2D eigenvalue weighted by atomic mass is 10.0. The van der Waals surface area contributed by atoms with Gasteiger partial charge >= 0.3 is 0 Å². The summed E-state index contributed by atoms with van der Waals surface area (Å²) in [6, 6.07) is 7.53. The van der Waals surface area contributed by atoms with Gasteiger partial charge in [-0.3, -0.25) is 9.48 Å². The minimum atomic E-state index is -0.116. The van der Waals surface area contributed by atoms with Gasteiger partial charge in [0.15, 0.2) is 0 Å². The van der Waals surface area contributed by atoms with Crippen molar-refractivity contribution in [3.8, 4) is 0 Å². The number of nitrogens with zero attached hydrogens (tertiary/aromatic N) is 2. The molecule has 122 valence electrons. The summed E-state index contributed by atoms with van der Waals surface area (Å²) in [7, 11) is 1.90. The molecule has 5 heteroatoms. The average Bonchev–Trinajstić information content (AvgIpc) is 2.77. The van der Waals surface area contributed by atoms with E-state index in [1.54, 1.807) is 6.08 Å². The zero-order valence-electron chi connectivity index (χ0n) is 13.9. The minimum Gasteiger partial charge on any atom is -0.346 e. The van der Waals surface area contributed by atoms with Crippen molar-refractivity contribution in [3.63, 3.8) is 0 Å². The summed E-state index contributed by atoms with van der Waals surface area (Å²) in [5, 5.41) is 8.06. The average molecular weight is 332 g/mol. The summed E-state index contributed by atoms with van der Waals surface area (Å²) in [5.41, 5.74) is 3.99. The van der Waals surface area contributed by atoms with Gasteiger partial charge in [0.25, 0.3) is 0 Å². The van der Waals surface area contributed by atoms with E-state index in [1.807, 2.05) is 62.8 Å². The highest BCUT2D eigenvalue weighted by Crippen LogP contribution is 2.19. The molecule has 2 rings (SSSR count). The number of benzene rings is 1. The quantitative estimate of drug-likeness (QED) is 0.843. The van der Waals surface area contributed by atoms with Crippen LogP contribution in [0.5, 0.6) is 0 Å². The van der Waals surface area contributed by atoms with Crippen molar-refractivity contribution in [2.75, 3.05) is 0 Å². The molecule has 1 aromatic carbocycles. The van der Waals surface area contributed by atoms with E-state index in [2.05, 4.69) is 10.4 Å². The van der Waals surface area contributed by atoms with E-state index >= 15 is 0 Å². The molecule has 1 N–H and O–H groups in total. The normalized spacial score (nSPS) is 12.6. The third kappa shape index (κ3) is 4.23. The second kappa shape index (κ2) is 7.47. The van der Waals surface area contributed by atoms with Gasteiger partial charge in [-0.25, -0.2) is 0 Å². The number of amides is 1. The highest BCUT2D eigenvalue weighted by atomic mass is 35.5.